The van der Waals surface area contributed by atoms with Crippen molar-refractivity contribution in [3.05, 3.63) is 16.9 Å². The predicted octanol–water partition coefficient (Wildman–Crippen LogP) is 11.0. The zero-order valence-corrected chi connectivity index (χ0v) is 25.4. The van der Waals surface area contributed by atoms with Gasteiger partial charge in [-0.05, 0) is 48.7 Å². The molecule has 2 heterocycles. The standard InChI is InChI=1S/C22H38S8/c1-5-9-13-23-17-18(24-14-10-6-2)28-21(27-17)22-29-19(25-15-11-7-3)20(30-22)26-16-12-8-4/h21-22H,5-16H2,1-4H3. The van der Waals surface area contributed by atoms with E-state index in [9.17, 15) is 0 Å². The predicted molar refractivity (Wildman–Crippen MR) is 161 cm³/mol. The molecule has 0 bridgehead atoms. The molecule has 0 aromatic heterocycles. The van der Waals surface area contributed by atoms with Gasteiger partial charge in [0.25, 0.3) is 0 Å². The summed E-state index contributed by atoms with van der Waals surface area (Å²) in [5.74, 6) is 5.12. The Morgan fingerprint density at radius 2 is 0.700 bits per heavy atom. The minimum atomic E-state index is 0.666. The highest BCUT2D eigenvalue weighted by Gasteiger charge is 2.38. The lowest BCUT2D eigenvalue weighted by Crippen LogP contribution is -2.07. The molecular weight excluding hydrogens is 521 g/mol. The van der Waals surface area contributed by atoms with Crippen molar-refractivity contribution in [3.8, 4) is 0 Å². The first-order valence-electron chi connectivity index (χ1n) is 11.4. The van der Waals surface area contributed by atoms with Gasteiger partial charge in [0.15, 0.2) is 0 Å². The summed E-state index contributed by atoms with van der Waals surface area (Å²) < 4.78 is 7.86. The summed E-state index contributed by atoms with van der Waals surface area (Å²) >= 11 is 17.3. The van der Waals surface area contributed by atoms with Crippen LogP contribution in [0.1, 0.15) is 79.1 Å². The summed E-state index contributed by atoms with van der Waals surface area (Å²) in [4.78, 5) is 0. The average molecular weight is 559 g/mol. The van der Waals surface area contributed by atoms with Gasteiger partial charge in [-0.25, -0.2) is 0 Å². The molecule has 2 rings (SSSR count). The average Bonchev–Trinajstić information content (AvgIpc) is 3.33. The molecular formula is C22H38S8. The number of thioether (sulfide) groups is 8. The Hall–Kier alpha value is 2.28. The van der Waals surface area contributed by atoms with Gasteiger partial charge in [0.2, 0.25) is 0 Å². The maximum absolute atomic E-state index is 2.30. The minimum absolute atomic E-state index is 0.666. The number of hydrogen-bond acceptors (Lipinski definition) is 8. The van der Waals surface area contributed by atoms with E-state index in [1.807, 2.05) is 0 Å². The van der Waals surface area contributed by atoms with Crippen LogP contribution in [0.5, 0.6) is 0 Å². The summed E-state index contributed by atoms with van der Waals surface area (Å²) in [5.41, 5.74) is 0. The van der Waals surface area contributed by atoms with E-state index in [1.54, 1.807) is 16.9 Å². The van der Waals surface area contributed by atoms with Crippen molar-refractivity contribution < 1.29 is 0 Å². The molecule has 0 aromatic carbocycles. The fraction of sp³-hybridized carbons (Fsp3) is 0.818. The first-order chi connectivity index (χ1) is 14.7. The van der Waals surface area contributed by atoms with Crippen molar-refractivity contribution in [1.29, 1.82) is 0 Å². The minimum Gasteiger partial charge on any atom is -0.118 e. The van der Waals surface area contributed by atoms with Crippen LogP contribution < -0.4 is 0 Å². The SMILES string of the molecule is CCCCSC1=C(SCCCC)SC(C2SC(SCCCC)=C(SCCCC)S2)S1. The lowest BCUT2D eigenvalue weighted by atomic mass is 10.4. The van der Waals surface area contributed by atoms with Crippen molar-refractivity contribution >= 4 is 94.1 Å². The highest BCUT2D eigenvalue weighted by molar-refractivity contribution is 8.42. The Morgan fingerprint density at radius 1 is 0.467 bits per heavy atom. The van der Waals surface area contributed by atoms with Crippen LogP contribution in [0.4, 0.5) is 0 Å². The van der Waals surface area contributed by atoms with Crippen molar-refractivity contribution in [2.75, 3.05) is 23.0 Å². The number of hydrogen-bond donors (Lipinski definition) is 0. The van der Waals surface area contributed by atoms with Gasteiger partial charge in [-0.3, -0.25) is 0 Å². The normalized spacial score (nSPS) is 18.4. The van der Waals surface area contributed by atoms with Gasteiger partial charge < -0.3 is 0 Å². The highest BCUT2D eigenvalue weighted by atomic mass is 32.3. The van der Waals surface area contributed by atoms with Crippen molar-refractivity contribution in [2.45, 2.75) is 88.2 Å². The summed E-state index contributed by atoms with van der Waals surface area (Å²) in [6.45, 7) is 9.21. The van der Waals surface area contributed by atoms with Gasteiger partial charge >= 0.3 is 0 Å². The lowest BCUT2D eigenvalue weighted by Gasteiger charge is -2.16. The Kier molecular flexibility index (Phi) is 16.8. The van der Waals surface area contributed by atoms with E-state index in [-0.39, 0.29) is 0 Å². The summed E-state index contributed by atoms with van der Waals surface area (Å²) in [5, 5.41) is 0. The van der Waals surface area contributed by atoms with E-state index >= 15 is 0 Å². The Labute approximate surface area is 220 Å². The third-order valence-corrected chi connectivity index (χ3v) is 17.3. The Bertz CT molecular complexity index is 453. The van der Waals surface area contributed by atoms with Crippen LogP contribution in [-0.4, -0.2) is 32.2 Å². The molecule has 174 valence electrons. The molecule has 8 heteroatoms. The number of rotatable bonds is 17. The van der Waals surface area contributed by atoms with E-state index < -0.39 is 0 Å². The van der Waals surface area contributed by atoms with Gasteiger partial charge in [0.1, 0.15) is 0 Å². The Morgan fingerprint density at radius 3 is 0.900 bits per heavy atom. The maximum atomic E-state index is 2.30. The molecule has 0 saturated carbocycles. The summed E-state index contributed by atoms with van der Waals surface area (Å²) in [6.07, 6.45) is 10.5. The fourth-order valence-electron chi connectivity index (χ4n) is 2.49. The first kappa shape index (κ1) is 28.5. The monoisotopic (exact) mass is 558 g/mol. The van der Waals surface area contributed by atoms with E-state index in [4.69, 9.17) is 0 Å². The molecule has 0 saturated heterocycles. The molecule has 0 fully saturated rings. The molecule has 0 aliphatic carbocycles. The van der Waals surface area contributed by atoms with Crippen molar-refractivity contribution in [3.63, 3.8) is 0 Å². The first-order valence-corrected chi connectivity index (χ1v) is 18.9. The molecule has 0 radical (unpaired) electrons. The van der Waals surface area contributed by atoms with Crippen molar-refractivity contribution in [2.24, 2.45) is 0 Å². The van der Waals surface area contributed by atoms with Gasteiger partial charge in [0.05, 0.1) is 26.1 Å². The molecule has 0 aromatic rings. The van der Waals surface area contributed by atoms with Crippen LogP contribution in [0.25, 0.3) is 0 Å². The van der Waals surface area contributed by atoms with E-state index in [2.05, 4.69) is 122 Å². The maximum Gasteiger partial charge on any atom is 0.0825 e. The van der Waals surface area contributed by atoms with E-state index in [1.165, 1.54) is 74.4 Å². The molecule has 0 nitrogen and oxygen atoms in total. The van der Waals surface area contributed by atoms with Crippen LogP contribution in [0.15, 0.2) is 16.9 Å². The molecule has 30 heavy (non-hydrogen) atoms. The zero-order valence-electron chi connectivity index (χ0n) is 18.9. The lowest BCUT2D eigenvalue weighted by molar-refractivity contribution is 0.897. The third-order valence-electron chi connectivity index (χ3n) is 4.37. The van der Waals surface area contributed by atoms with Crippen LogP contribution in [0.2, 0.25) is 0 Å². The van der Waals surface area contributed by atoms with Crippen LogP contribution in [0.3, 0.4) is 0 Å². The largest absolute Gasteiger partial charge is 0.118 e. The number of unbranched alkanes of at least 4 members (excludes halogenated alkanes) is 4. The van der Waals surface area contributed by atoms with E-state index in [0.717, 1.165) is 0 Å². The summed E-state index contributed by atoms with van der Waals surface area (Å²) in [6, 6.07) is 0. The molecule has 0 amide bonds. The smallest absolute Gasteiger partial charge is 0.0825 e. The topological polar surface area (TPSA) is 0 Å². The summed E-state index contributed by atoms with van der Waals surface area (Å²) in [7, 11) is 0. The molecule has 2 aliphatic heterocycles. The van der Waals surface area contributed by atoms with E-state index in [0.29, 0.717) is 9.16 Å². The van der Waals surface area contributed by atoms with Gasteiger partial charge in [-0.2, -0.15) is 0 Å². The second-order valence-corrected chi connectivity index (χ2v) is 17.8. The van der Waals surface area contributed by atoms with Gasteiger partial charge in [-0.15, -0.1) is 94.1 Å². The second-order valence-electron chi connectivity index (χ2n) is 7.17. The molecule has 0 unspecified atom stereocenters. The molecule has 0 atom stereocenters. The van der Waals surface area contributed by atoms with Gasteiger partial charge in [-0.1, -0.05) is 53.4 Å². The molecule has 2 aliphatic rings. The fourth-order valence-corrected chi connectivity index (χ4v) is 16.6. The molecule has 0 N–H and O–H groups in total. The zero-order chi connectivity index (χ0) is 21.6. The van der Waals surface area contributed by atoms with Crippen LogP contribution in [0, 0.1) is 0 Å². The highest BCUT2D eigenvalue weighted by Crippen LogP contribution is 2.64. The molecule has 0 spiro atoms. The quantitative estimate of drug-likeness (QED) is 0.160. The van der Waals surface area contributed by atoms with Crippen molar-refractivity contribution in [1.82, 2.24) is 0 Å². The second kappa shape index (κ2) is 17.7. The van der Waals surface area contributed by atoms with Crippen LogP contribution in [-0.2, 0) is 0 Å². The van der Waals surface area contributed by atoms with Gasteiger partial charge in [0, 0.05) is 0 Å². The third kappa shape index (κ3) is 10.3. The Balaban J connectivity index is 1.95. The van der Waals surface area contributed by atoms with Crippen LogP contribution >= 0.6 is 94.1 Å².